The first-order chi connectivity index (χ1) is 8.29. The SMILES string of the molecule is CCOc1ccc(Cl)cc1CN1CCNCC1.Cl. The van der Waals surface area contributed by atoms with E-state index in [1.54, 1.807) is 0 Å². The fourth-order valence-electron chi connectivity index (χ4n) is 2.08. The van der Waals surface area contributed by atoms with Gasteiger partial charge in [0, 0.05) is 43.3 Å². The van der Waals surface area contributed by atoms with Gasteiger partial charge in [-0.3, -0.25) is 4.90 Å². The molecule has 0 atom stereocenters. The third-order valence-corrected chi connectivity index (χ3v) is 3.16. The molecule has 2 rings (SSSR count). The highest BCUT2D eigenvalue weighted by Crippen LogP contribution is 2.24. The van der Waals surface area contributed by atoms with Crippen LogP contribution in [0.4, 0.5) is 0 Å². The van der Waals surface area contributed by atoms with Crippen LogP contribution in [0.15, 0.2) is 18.2 Å². The lowest BCUT2D eigenvalue weighted by Gasteiger charge is -2.27. The number of rotatable bonds is 4. The fourth-order valence-corrected chi connectivity index (χ4v) is 2.27. The van der Waals surface area contributed by atoms with E-state index in [4.69, 9.17) is 16.3 Å². The van der Waals surface area contributed by atoms with Crippen LogP contribution in [0.5, 0.6) is 5.75 Å². The van der Waals surface area contributed by atoms with Crippen molar-refractivity contribution in [1.82, 2.24) is 10.2 Å². The Balaban J connectivity index is 0.00000162. The molecule has 0 bridgehead atoms. The topological polar surface area (TPSA) is 24.5 Å². The Morgan fingerprint density at radius 1 is 1.33 bits per heavy atom. The fraction of sp³-hybridized carbons (Fsp3) is 0.538. The van der Waals surface area contributed by atoms with Crippen molar-refractivity contribution in [2.75, 3.05) is 32.8 Å². The van der Waals surface area contributed by atoms with Crippen LogP contribution in [0.25, 0.3) is 0 Å². The number of benzene rings is 1. The molecule has 0 amide bonds. The van der Waals surface area contributed by atoms with Gasteiger partial charge >= 0.3 is 0 Å². The maximum Gasteiger partial charge on any atom is 0.123 e. The van der Waals surface area contributed by atoms with Crippen molar-refractivity contribution in [2.24, 2.45) is 0 Å². The lowest BCUT2D eigenvalue weighted by Crippen LogP contribution is -2.42. The Hall–Kier alpha value is -0.480. The summed E-state index contributed by atoms with van der Waals surface area (Å²) in [7, 11) is 0. The molecule has 0 radical (unpaired) electrons. The van der Waals surface area contributed by atoms with Gasteiger partial charge in [0.15, 0.2) is 0 Å². The molecule has 1 heterocycles. The van der Waals surface area contributed by atoms with Gasteiger partial charge in [-0.25, -0.2) is 0 Å². The van der Waals surface area contributed by atoms with Gasteiger partial charge in [0.2, 0.25) is 0 Å². The van der Waals surface area contributed by atoms with Crippen LogP contribution in [0.3, 0.4) is 0 Å². The van der Waals surface area contributed by atoms with E-state index in [1.165, 1.54) is 5.56 Å². The van der Waals surface area contributed by atoms with Crippen LogP contribution in [-0.2, 0) is 6.54 Å². The first kappa shape index (κ1) is 15.6. The largest absolute Gasteiger partial charge is 0.494 e. The lowest BCUT2D eigenvalue weighted by atomic mass is 10.1. The van der Waals surface area contributed by atoms with E-state index >= 15 is 0 Å². The summed E-state index contributed by atoms with van der Waals surface area (Å²) in [5.41, 5.74) is 1.18. The van der Waals surface area contributed by atoms with E-state index in [0.29, 0.717) is 6.61 Å². The van der Waals surface area contributed by atoms with Gasteiger partial charge in [-0.15, -0.1) is 12.4 Å². The number of hydrogen-bond acceptors (Lipinski definition) is 3. The zero-order chi connectivity index (χ0) is 12.1. The molecule has 3 nitrogen and oxygen atoms in total. The molecule has 1 N–H and O–H groups in total. The van der Waals surface area contributed by atoms with Crippen molar-refractivity contribution in [3.63, 3.8) is 0 Å². The van der Waals surface area contributed by atoms with E-state index in [1.807, 2.05) is 25.1 Å². The van der Waals surface area contributed by atoms with E-state index in [9.17, 15) is 0 Å². The highest BCUT2D eigenvalue weighted by atomic mass is 35.5. The highest BCUT2D eigenvalue weighted by Gasteiger charge is 2.13. The molecule has 0 aliphatic carbocycles. The lowest BCUT2D eigenvalue weighted by molar-refractivity contribution is 0.228. The minimum atomic E-state index is 0. The van der Waals surface area contributed by atoms with E-state index in [2.05, 4.69) is 10.2 Å². The third-order valence-electron chi connectivity index (χ3n) is 2.93. The molecule has 1 saturated heterocycles. The quantitative estimate of drug-likeness (QED) is 0.922. The highest BCUT2D eigenvalue weighted by molar-refractivity contribution is 6.30. The van der Waals surface area contributed by atoms with Crippen LogP contribution in [-0.4, -0.2) is 37.7 Å². The molecule has 0 saturated carbocycles. The smallest absolute Gasteiger partial charge is 0.123 e. The molecular weight excluding hydrogens is 271 g/mol. The van der Waals surface area contributed by atoms with Crippen LogP contribution in [0.1, 0.15) is 12.5 Å². The van der Waals surface area contributed by atoms with Crippen LogP contribution < -0.4 is 10.1 Å². The van der Waals surface area contributed by atoms with Crippen molar-refractivity contribution in [1.29, 1.82) is 0 Å². The predicted molar refractivity (Wildman–Crippen MR) is 78.0 cm³/mol. The molecule has 5 heteroatoms. The molecule has 1 aromatic rings. The van der Waals surface area contributed by atoms with Gasteiger partial charge in [-0.05, 0) is 25.1 Å². The average molecular weight is 291 g/mol. The maximum atomic E-state index is 6.05. The molecule has 1 aliphatic rings. The first-order valence-electron chi connectivity index (χ1n) is 6.14. The van der Waals surface area contributed by atoms with E-state index in [0.717, 1.165) is 43.5 Å². The minimum absolute atomic E-state index is 0. The number of nitrogens with one attached hydrogen (secondary N) is 1. The number of ether oxygens (including phenoxy) is 1. The Kier molecular flexibility index (Phi) is 6.79. The molecule has 0 spiro atoms. The van der Waals surface area contributed by atoms with E-state index < -0.39 is 0 Å². The van der Waals surface area contributed by atoms with Gasteiger partial charge < -0.3 is 10.1 Å². The van der Waals surface area contributed by atoms with Crippen molar-refractivity contribution in [3.8, 4) is 5.75 Å². The van der Waals surface area contributed by atoms with Crippen LogP contribution in [0, 0.1) is 0 Å². The monoisotopic (exact) mass is 290 g/mol. The molecule has 1 aliphatic heterocycles. The molecule has 1 aromatic carbocycles. The molecule has 18 heavy (non-hydrogen) atoms. The zero-order valence-corrected chi connectivity index (χ0v) is 12.2. The summed E-state index contributed by atoms with van der Waals surface area (Å²) in [6, 6.07) is 5.85. The van der Waals surface area contributed by atoms with Crippen molar-refractivity contribution in [3.05, 3.63) is 28.8 Å². The van der Waals surface area contributed by atoms with Gasteiger partial charge in [0.1, 0.15) is 5.75 Å². The summed E-state index contributed by atoms with van der Waals surface area (Å²) in [5, 5.41) is 4.13. The summed E-state index contributed by atoms with van der Waals surface area (Å²) in [5.74, 6) is 0.954. The summed E-state index contributed by atoms with van der Waals surface area (Å²) in [4.78, 5) is 2.42. The van der Waals surface area contributed by atoms with Gasteiger partial charge in [0.05, 0.1) is 6.61 Å². The normalized spacial score (nSPS) is 16.1. The number of piperazine rings is 1. The molecule has 102 valence electrons. The van der Waals surface area contributed by atoms with Gasteiger partial charge in [0.25, 0.3) is 0 Å². The standard InChI is InChI=1S/C13H19ClN2O.ClH/c1-2-17-13-4-3-12(14)9-11(13)10-16-7-5-15-6-8-16;/h3-4,9,15H,2,5-8,10H2,1H3;1H. The molecule has 0 aromatic heterocycles. The predicted octanol–water partition coefficient (Wildman–Crippen LogP) is 2.57. The van der Waals surface area contributed by atoms with E-state index in [-0.39, 0.29) is 12.4 Å². The average Bonchev–Trinajstić information content (AvgIpc) is 2.34. The molecular formula is C13H20Cl2N2O. The summed E-state index contributed by atoms with van der Waals surface area (Å²) in [6.07, 6.45) is 0. The maximum absolute atomic E-state index is 6.05. The molecule has 1 fully saturated rings. The second-order valence-electron chi connectivity index (χ2n) is 4.21. The van der Waals surface area contributed by atoms with Crippen molar-refractivity contribution >= 4 is 24.0 Å². The van der Waals surface area contributed by atoms with Crippen LogP contribution in [0.2, 0.25) is 5.02 Å². The summed E-state index contributed by atoms with van der Waals surface area (Å²) >= 11 is 6.05. The number of hydrogen-bond donors (Lipinski definition) is 1. The second kappa shape index (κ2) is 7.85. The van der Waals surface area contributed by atoms with Crippen LogP contribution >= 0.6 is 24.0 Å². The zero-order valence-electron chi connectivity index (χ0n) is 10.6. The van der Waals surface area contributed by atoms with Gasteiger partial charge in [-0.1, -0.05) is 11.6 Å². The number of halogens is 2. The molecule has 0 unspecified atom stereocenters. The van der Waals surface area contributed by atoms with Crippen molar-refractivity contribution < 1.29 is 4.74 Å². The number of nitrogens with zero attached hydrogens (tertiary/aromatic N) is 1. The third kappa shape index (κ3) is 4.32. The Morgan fingerprint density at radius 3 is 2.72 bits per heavy atom. The summed E-state index contributed by atoms with van der Waals surface area (Å²) in [6.45, 7) is 7.89. The van der Waals surface area contributed by atoms with Gasteiger partial charge in [-0.2, -0.15) is 0 Å². The van der Waals surface area contributed by atoms with Crippen molar-refractivity contribution in [2.45, 2.75) is 13.5 Å². The second-order valence-corrected chi connectivity index (χ2v) is 4.65. The Bertz CT molecular complexity index is 368. The first-order valence-corrected chi connectivity index (χ1v) is 6.51. The minimum Gasteiger partial charge on any atom is -0.494 e. The Labute approximate surface area is 120 Å². The Morgan fingerprint density at radius 2 is 2.06 bits per heavy atom. The summed E-state index contributed by atoms with van der Waals surface area (Å²) < 4.78 is 5.63.